The van der Waals surface area contributed by atoms with Gasteiger partial charge in [-0.05, 0) is 43.7 Å². The van der Waals surface area contributed by atoms with Crippen molar-refractivity contribution >= 4 is 5.69 Å². The molecule has 1 aromatic heterocycles. The molecule has 1 heterocycles. The monoisotopic (exact) mass is 245 g/mol. The molecule has 18 heavy (non-hydrogen) atoms. The first-order valence-electron chi connectivity index (χ1n) is 6.11. The molecular weight excluding hydrogens is 226 g/mol. The second-order valence-corrected chi connectivity index (χ2v) is 4.37. The molecule has 0 bridgehead atoms. The fourth-order valence-electron chi connectivity index (χ4n) is 1.81. The molecule has 0 spiro atoms. The van der Waals surface area contributed by atoms with Crippen molar-refractivity contribution in [2.75, 3.05) is 12.4 Å². The zero-order chi connectivity index (χ0) is 13.0. The second-order valence-electron chi connectivity index (χ2n) is 4.37. The van der Waals surface area contributed by atoms with E-state index in [2.05, 4.69) is 17.4 Å². The summed E-state index contributed by atoms with van der Waals surface area (Å²) in [6, 6.07) is 12.2. The van der Waals surface area contributed by atoms with Crippen LogP contribution in [0.4, 0.5) is 5.69 Å². The highest BCUT2D eigenvalue weighted by atomic mass is 16.5. The van der Waals surface area contributed by atoms with Crippen LogP contribution in [0.5, 0.6) is 0 Å². The molecule has 0 saturated heterocycles. The summed E-state index contributed by atoms with van der Waals surface area (Å²) in [5.41, 5.74) is 2.24. The third-order valence-corrected chi connectivity index (χ3v) is 2.97. The normalized spacial score (nSPS) is 12.4. The zero-order valence-corrected chi connectivity index (χ0v) is 11.1. The van der Waals surface area contributed by atoms with Gasteiger partial charge in [0.25, 0.3) is 0 Å². The van der Waals surface area contributed by atoms with Gasteiger partial charge >= 0.3 is 0 Å². The summed E-state index contributed by atoms with van der Waals surface area (Å²) in [5, 5.41) is 3.34. The van der Waals surface area contributed by atoms with Gasteiger partial charge in [0.05, 0.1) is 12.6 Å². The fourth-order valence-corrected chi connectivity index (χ4v) is 1.81. The SMILES string of the molecule is CO[C@@H](C)c1cccc(NCc2ccc(C)o2)c1. The van der Waals surface area contributed by atoms with Crippen LogP contribution in [0, 0.1) is 6.92 Å². The van der Waals surface area contributed by atoms with E-state index in [0.29, 0.717) is 6.54 Å². The van der Waals surface area contributed by atoms with Crippen LogP contribution in [0.3, 0.4) is 0 Å². The smallest absolute Gasteiger partial charge is 0.123 e. The summed E-state index contributed by atoms with van der Waals surface area (Å²) < 4.78 is 10.8. The highest BCUT2D eigenvalue weighted by Crippen LogP contribution is 2.20. The third kappa shape index (κ3) is 3.14. The van der Waals surface area contributed by atoms with Gasteiger partial charge in [0, 0.05) is 12.8 Å². The van der Waals surface area contributed by atoms with Gasteiger partial charge < -0.3 is 14.5 Å². The molecule has 0 radical (unpaired) electrons. The first-order chi connectivity index (χ1) is 8.69. The number of hydrogen-bond donors (Lipinski definition) is 1. The maximum absolute atomic E-state index is 5.52. The van der Waals surface area contributed by atoms with Gasteiger partial charge in [-0.3, -0.25) is 0 Å². The predicted molar refractivity (Wildman–Crippen MR) is 72.6 cm³/mol. The van der Waals surface area contributed by atoms with E-state index in [1.165, 1.54) is 0 Å². The number of rotatable bonds is 5. The van der Waals surface area contributed by atoms with Gasteiger partial charge in [0.2, 0.25) is 0 Å². The number of furan rings is 1. The van der Waals surface area contributed by atoms with Gasteiger partial charge in [0.15, 0.2) is 0 Å². The minimum Gasteiger partial charge on any atom is -0.465 e. The Labute approximate surface area is 108 Å². The van der Waals surface area contributed by atoms with Crippen LogP contribution in [0.2, 0.25) is 0 Å². The number of nitrogens with one attached hydrogen (secondary N) is 1. The number of benzene rings is 1. The Morgan fingerprint density at radius 2 is 2.11 bits per heavy atom. The fraction of sp³-hybridized carbons (Fsp3) is 0.333. The second kappa shape index (κ2) is 5.74. The molecular formula is C15H19NO2. The van der Waals surface area contributed by atoms with E-state index in [0.717, 1.165) is 22.8 Å². The number of anilines is 1. The standard InChI is InChI=1S/C15H19NO2/c1-11-7-8-15(18-11)10-16-14-6-4-5-13(9-14)12(2)17-3/h4-9,12,16H,10H2,1-3H3/t12-/m0/s1. The largest absolute Gasteiger partial charge is 0.465 e. The maximum Gasteiger partial charge on any atom is 0.123 e. The van der Waals surface area contributed by atoms with Crippen LogP contribution < -0.4 is 5.32 Å². The van der Waals surface area contributed by atoms with Crippen LogP contribution in [0.25, 0.3) is 0 Å². The Morgan fingerprint density at radius 1 is 1.28 bits per heavy atom. The topological polar surface area (TPSA) is 34.4 Å². The first-order valence-corrected chi connectivity index (χ1v) is 6.11. The molecule has 3 heteroatoms. The highest BCUT2D eigenvalue weighted by Gasteiger charge is 2.04. The average molecular weight is 245 g/mol. The molecule has 3 nitrogen and oxygen atoms in total. The Hall–Kier alpha value is -1.74. The van der Waals surface area contributed by atoms with Crippen LogP contribution in [-0.2, 0) is 11.3 Å². The van der Waals surface area contributed by atoms with Crippen LogP contribution in [0.15, 0.2) is 40.8 Å². The quantitative estimate of drug-likeness (QED) is 0.867. The van der Waals surface area contributed by atoms with E-state index >= 15 is 0 Å². The molecule has 2 aromatic rings. The van der Waals surface area contributed by atoms with Crippen molar-refractivity contribution in [2.45, 2.75) is 26.5 Å². The minimum absolute atomic E-state index is 0.109. The Bertz CT molecular complexity index is 505. The van der Waals surface area contributed by atoms with E-state index in [9.17, 15) is 0 Å². The van der Waals surface area contributed by atoms with Crippen molar-refractivity contribution in [3.05, 3.63) is 53.5 Å². The molecule has 1 N–H and O–H groups in total. The molecule has 1 atom stereocenters. The van der Waals surface area contributed by atoms with Gasteiger partial charge in [-0.2, -0.15) is 0 Å². The van der Waals surface area contributed by atoms with E-state index in [1.54, 1.807) is 7.11 Å². The maximum atomic E-state index is 5.52. The van der Waals surface area contributed by atoms with Crippen molar-refractivity contribution in [2.24, 2.45) is 0 Å². The van der Waals surface area contributed by atoms with Gasteiger partial charge in [-0.1, -0.05) is 12.1 Å². The summed E-state index contributed by atoms with van der Waals surface area (Å²) in [6.07, 6.45) is 0.109. The Balaban J connectivity index is 2.01. The average Bonchev–Trinajstić information content (AvgIpc) is 2.81. The number of hydrogen-bond acceptors (Lipinski definition) is 3. The molecule has 0 aliphatic heterocycles. The van der Waals surface area contributed by atoms with Gasteiger partial charge in [-0.25, -0.2) is 0 Å². The number of aryl methyl sites for hydroxylation is 1. The molecule has 96 valence electrons. The Kier molecular flexibility index (Phi) is 4.05. The van der Waals surface area contributed by atoms with Crippen molar-refractivity contribution in [3.8, 4) is 0 Å². The number of methoxy groups -OCH3 is 1. The number of ether oxygens (including phenoxy) is 1. The van der Waals surface area contributed by atoms with Crippen LogP contribution >= 0.6 is 0 Å². The van der Waals surface area contributed by atoms with Gasteiger partial charge in [0.1, 0.15) is 11.5 Å². The summed E-state index contributed by atoms with van der Waals surface area (Å²) in [4.78, 5) is 0. The molecule has 1 aromatic carbocycles. The van der Waals surface area contributed by atoms with E-state index < -0.39 is 0 Å². The predicted octanol–water partition coefficient (Wildman–Crippen LogP) is 3.91. The molecule has 0 unspecified atom stereocenters. The molecule has 0 saturated carbocycles. The molecule has 0 aliphatic carbocycles. The van der Waals surface area contributed by atoms with Crippen LogP contribution in [0.1, 0.15) is 30.1 Å². The lowest BCUT2D eigenvalue weighted by molar-refractivity contribution is 0.119. The van der Waals surface area contributed by atoms with Crippen LogP contribution in [-0.4, -0.2) is 7.11 Å². The van der Waals surface area contributed by atoms with Gasteiger partial charge in [-0.15, -0.1) is 0 Å². The van der Waals surface area contributed by atoms with Crippen molar-refractivity contribution in [1.82, 2.24) is 0 Å². The van der Waals surface area contributed by atoms with E-state index in [4.69, 9.17) is 9.15 Å². The summed E-state index contributed by atoms with van der Waals surface area (Å²) >= 11 is 0. The van der Waals surface area contributed by atoms with Crippen molar-refractivity contribution in [3.63, 3.8) is 0 Å². The zero-order valence-electron chi connectivity index (χ0n) is 11.1. The van der Waals surface area contributed by atoms with E-state index in [-0.39, 0.29) is 6.10 Å². The Morgan fingerprint density at radius 3 is 2.78 bits per heavy atom. The lowest BCUT2D eigenvalue weighted by Crippen LogP contribution is -2.00. The molecule has 0 amide bonds. The summed E-state index contributed by atoms with van der Waals surface area (Å²) in [5.74, 6) is 1.88. The molecule has 2 rings (SSSR count). The summed E-state index contributed by atoms with van der Waals surface area (Å²) in [6.45, 7) is 4.68. The minimum atomic E-state index is 0.109. The molecule has 0 fully saturated rings. The lowest BCUT2D eigenvalue weighted by atomic mass is 10.1. The van der Waals surface area contributed by atoms with E-state index in [1.807, 2.05) is 38.1 Å². The lowest BCUT2D eigenvalue weighted by Gasteiger charge is -2.12. The summed E-state index contributed by atoms with van der Waals surface area (Å²) in [7, 11) is 1.72. The molecule has 0 aliphatic rings. The highest BCUT2D eigenvalue weighted by molar-refractivity contribution is 5.46. The first kappa shape index (κ1) is 12.7. The third-order valence-electron chi connectivity index (χ3n) is 2.97. The van der Waals surface area contributed by atoms with Crippen molar-refractivity contribution < 1.29 is 9.15 Å². The van der Waals surface area contributed by atoms with Crippen molar-refractivity contribution in [1.29, 1.82) is 0 Å².